The predicted molar refractivity (Wildman–Crippen MR) is 560 cm³/mol. The zero-order chi connectivity index (χ0) is 99.0. The first-order valence-corrected chi connectivity index (χ1v) is 61.4. The Morgan fingerprint density at radius 1 is 0.386 bits per heavy atom. The molecular weight excluding hydrogens is 1830 g/mol. The van der Waals surface area contributed by atoms with Gasteiger partial charge in [-0.15, -0.1) is 0 Å². The monoisotopic (exact) mass is 2020 g/mol. The van der Waals surface area contributed by atoms with Gasteiger partial charge in [-0.2, -0.15) is 35.3 Å². The van der Waals surface area contributed by atoms with E-state index in [0.29, 0.717) is 143 Å². The molecule has 0 spiro atoms. The lowest BCUT2D eigenvalue weighted by Crippen LogP contribution is -2.53. The van der Waals surface area contributed by atoms with Crippen LogP contribution in [0, 0.1) is 216 Å². The number of hydrogen-bond acceptors (Lipinski definition) is 15. The number of methoxy groups -OCH3 is 2. The van der Waals surface area contributed by atoms with E-state index in [0.717, 1.165) is 211 Å². The van der Waals surface area contributed by atoms with E-state index in [9.17, 15) is 53.1 Å². The lowest BCUT2D eigenvalue weighted by atomic mass is 9.48. The van der Waals surface area contributed by atoms with Crippen LogP contribution in [0.2, 0.25) is 0 Å². The number of imidazole rings is 2. The maximum atomic E-state index is 13.4. The molecule has 20 aliphatic carbocycles. The minimum atomic E-state index is -2.62. The van der Waals surface area contributed by atoms with Crippen molar-refractivity contribution < 1.29 is 62.6 Å². The van der Waals surface area contributed by atoms with Crippen LogP contribution in [0.5, 0.6) is 0 Å². The van der Waals surface area contributed by atoms with E-state index < -0.39 is 41.1 Å². The van der Waals surface area contributed by atoms with Crippen LogP contribution in [0.3, 0.4) is 0 Å². The van der Waals surface area contributed by atoms with Gasteiger partial charge in [-0.1, -0.05) is 64.8 Å². The van der Waals surface area contributed by atoms with Crippen LogP contribution >= 0.6 is 46.9 Å². The number of ether oxygens (including phenoxy) is 2. The smallest absolute Gasteiger partial charge is 0.266 e. The number of fused-ring (bicyclic) bond motifs is 25. The molecule has 2 aromatic rings. The third-order valence-corrected chi connectivity index (χ3v) is 48.8. The molecule has 40 atom stereocenters. The molecule has 140 heavy (non-hydrogen) atoms. The van der Waals surface area contributed by atoms with Gasteiger partial charge >= 0.3 is 0 Å². The van der Waals surface area contributed by atoms with Crippen LogP contribution in [0.15, 0.2) is 61.7 Å². The van der Waals surface area contributed by atoms with E-state index in [1.165, 1.54) is 172 Å². The van der Waals surface area contributed by atoms with Crippen molar-refractivity contribution in [2.24, 2.45) is 205 Å². The fourth-order valence-corrected chi connectivity index (χ4v) is 42.7. The van der Waals surface area contributed by atoms with E-state index in [1.54, 1.807) is 49.5 Å². The first-order chi connectivity index (χ1) is 67.0. The van der Waals surface area contributed by atoms with Crippen molar-refractivity contribution in [1.29, 1.82) is 0 Å². The summed E-state index contributed by atoms with van der Waals surface area (Å²) >= 11 is 10.6. The molecule has 21 heteroatoms. The van der Waals surface area contributed by atoms with Crippen LogP contribution in [-0.2, 0) is 36.9 Å². The highest BCUT2D eigenvalue weighted by Gasteiger charge is 2.66. The molecule has 0 saturated heterocycles. The van der Waals surface area contributed by atoms with Crippen molar-refractivity contribution in [1.82, 2.24) is 19.1 Å². The lowest BCUT2D eigenvalue weighted by molar-refractivity contribution is -0.160. The summed E-state index contributed by atoms with van der Waals surface area (Å²) in [5, 5.41) is 55.9. The molecule has 5 N–H and O–H groups in total. The fraction of sp³-hybridized carbons (Fsp3) is 0.874. The molecule has 0 bridgehead atoms. The molecule has 20 saturated carbocycles. The number of nitrogens with zero attached hydrogens (tertiary/aromatic N) is 4. The van der Waals surface area contributed by atoms with Crippen LogP contribution in [0.25, 0.3) is 0 Å². The summed E-state index contributed by atoms with van der Waals surface area (Å²) in [6, 6.07) is 0. The van der Waals surface area contributed by atoms with Gasteiger partial charge in [0.1, 0.15) is 35.2 Å². The van der Waals surface area contributed by atoms with Gasteiger partial charge in [0, 0.05) is 75.2 Å². The fourth-order valence-electron chi connectivity index (χ4n) is 41.1. The topological polar surface area (TPSA) is 206 Å². The quantitative estimate of drug-likeness (QED) is 0.0582. The van der Waals surface area contributed by atoms with Crippen molar-refractivity contribution in [3.05, 3.63) is 61.7 Å². The minimum absolute atomic E-state index is 0.152. The molecule has 14 nitrogen and oxygen atoms in total. The zero-order valence-electron chi connectivity index (χ0n) is 87.6. The number of ketones is 3. The van der Waals surface area contributed by atoms with Gasteiger partial charge in [0.2, 0.25) is 0 Å². The summed E-state index contributed by atoms with van der Waals surface area (Å²) in [7, 11) is 3.43. The summed E-state index contributed by atoms with van der Waals surface area (Å²) in [5.74, 6) is 26.6. The third kappa shape index (κ3) is 20.6. The number of allylic oxidation sites excluding steroid dienone is 2. The second-order valence-electron chi connectivity index (χ2n) is 53.1. The molecule has 2 heterocycles. The molecule has 20 aliphatic rings. The van der Waals surface area contributed by atoms with E-state index in [-0.39, 0.29) is 40.9 Å². The first kappa shape index (κ1) is 107. The Morgan fingerprint density at radius 2 is 0.671 bits per heavy atom. The number of rotatable bonds is 21. The summed E-state index contributed by atoms with van der Waals surface area (Å²) in [6.45, 7) is 23.7. The predicted octanol–water partition coefficient (Wildman–Crippen LogP) is 25.4. The number of carbonyl (C=O) groups excluding carboxylic acids is 3. The van der Waals surface area contributed by atoms with Crippen molar-refractivity contribution in [2.75, 3.05) is 70.1 Å². The number of Topliss-reactive ketones (excluding diaryl/α,β-unsaturated/α-hetero) is 3. The highest BCUT2D eigenvalue weighted by molar-refractivity contribution is 7.99. The maximum absolute atomic E-state index is 13.4. The van der Waals surface area contributed by atoms with Crippen LogP contribution in [0.4, 0.5) is 13.2 Å². The Balaban J connectivity index is 0.000000116. The van der Waals surface area contributed by atoms with Crippen LogP contribution < -0.4 is 0 Å². The van der Waals surface area contributed by atoms with Crippen LogP contribution in [-0.4, -0.2) is 167 Å². The molecule has 0 aromatic carbocycles. The normalized spacial score (nSPS) is 47.8. The van der Waals surface area contributed by atoms with Gasteiger partial charge in [0.25, 0.3) is 6.43 Å². The molecule has 22 rings (SSSR count). The van der Waals surface area contributed by atoms with E-state index >= 15 is 0 Å². The largest absolute Gasteiger partial charge is 0.387 e. The van der Waals surface area contributed by atoms with Crippen molar-refractivity contribution >= 4 is 64.2 Å². The molecule has 2 aromatic heterocycles. The Bertz CT molecular complexity index is 4630. The van der Waals surface area contributed by atoms with Crippen LogP contribution in [0.1, 0.15) is 324 Å². The molecule has 0 radical (unpaired) electrons. The van der Waals surface area contributed by atoms with E-state index in [2.05, 4.69) is 90.6 Å². The summed E-state index contributed by atoms with van der Waals surface area (Å²) in [6.07, 6.45) is 64.9. The number of carbonyl (C=O) groups is 3. The molecule has 0 unspecified atom stereocenters. The van der Waals surface area contributed by atoms with Gasteiger partial charge in [-0.05, 0) is 506 Å². The SMILES string of the molecule is C=C(Cn1ccnc1)[C@H]1CC[C@H]2[C@@H]3CC[C@H]4C[C@@](O)(CF)CC[C@@H]4[C@H]3CC[C@]12C.C=C(Cn1ccnc1)[C@H]1CC[C@H]2[C@@H]3CC[C@H]4C[C@@](O)(COC)CC[C@@H]4[C@H]3CC[C@]12C.COC[C@@]1(O)CC[C@H]2[C@@H](CC[C@@H]3[C@@H]2CC[C@]2(C)[C@@H](C(=O)CSC)CC[C@@H]32)C1.CSCC(=O)[C@H]1CC[C@H]2[C@@H]3CC[C@H]4C[C@@](O)(C#CCl)CC[C@@H]4[C@H]3CC[C@]12C.CSCC(=O)[C@H]1CC[C@H]2[C@@H]3CC[C@H]4C[C@@](O)(C(F)F)CC[C@@H]4[C@H]3CC[C@]12C. The van der Waals surface area contributed by atoms with Gasteiger partial charge < -0.3 is 44.1 Å². The Hall–Kier alpha value is -2.68. The molecule has 20 fully saturated rings. The highest BCUT2D eigenvalue weighted by Crippen LogP contribution is 2.73. The maximum Gasteiger partial charge on any atom is 0.266 e. The summed E-state index contributed by atoms with van der Waals surface area (Å²) in [4.78, 5) is 46.6. The summed E-state index contributed by atoms with van der Waals surface area (Å²) in [5.41, 5.74) is -0.548. The number of halogens is 4. The van der Waals surface area contributed by atoms with Crippen molar-refractivity contribution in [3.8, 4) is 11.3 Å². The Labute approximate surface area is 858 Å². The number of thioether (sulfide) groups is 3. The lowest BCUT2D eigenvalue weighted by Gasteiger charge is -2.57. The third-order valence-electron chi connectivity index (χ3n) is 47.0. The molecular formula is C119H182ClF3N4O10S3. The summed E-state index contributed by atoms with van der Waals surface area (Å²) < 4.78 is 55.0. The van der Waals surface area contributed by atoms with E-state index in [1.807, 2.05) is 43.8 Å². The second-order valence-corrected chi connectivity index (χ2v) is 55.9. The van der Waals surface area contributed by atoms with Gasteiger partial charge in [-0.3, -0.25) is 14.4 Å². The van der Waals surface area contributed by atoms with Crippen molar-refractivity contribution in [2.45, 2.75) is 371 Å². The number of aliphatic hydroxyl groups is 5. The average molecular weight is 2020 g/mol. The minimum Gasteiger partial charge on any atom is -0.387 e. The Morgan fingerprint density at radius 3 is 0.971 bits per heavy atom. The second kappa shape index (κ2) is 43.6. The van der Waals surface area contributed by atoms with Gasteiger partial charge in [-0.25, -0.2) is 23.1 Å². The number of hydrogen-bond donors (Lipinski definition) is 5. The molecule has 0 aliphatic heterocycles. The van der Waals surface area contributed by atoms with Crippen molar-refractivity contribution in [3.63, 3.8) is 0 Å². The van der Waals surface area contributed by atoms with Gasteiger partial charge in [0.05, 0.1) is 59.9 Å². The average Bonchev–Trinajstić information content (AvgIpc) is 1.52. The molecule has 784 valence electrons. The first-order valence-electron chi connectivity index (χ1n) is 56.9. The highest BCUT2D eigenvalue weighted by atomic mass is 35.5. The molecule has 0 amide bonds. The van der Waals surface area contributed by atoms with E-state index in [4.69, 9.17) is 21.1 Å². The number of alkyl halides is 3. The van der Waals surface area contributed by atoms with Gasteiger partial charge in [0.15, 0.2) is 0 Å². The zero-order valence-corrected chi connectivity index (χ0v) is 90.8. The number of aromatic nitrogens is 4. The standard InChI is InChI=1S/C26H40N2O2.C25H37FN2O.C23H33ClO2S.C23H38O3S.C22H34F2O2S/c1-18(15-28-13-12-27-17-28)23-6-7-24-22-5-4-19-14-26(29,16-30-3)11-9-20(19)21(22)8-10-25(23,24)2;1-17(14-28-12-11-27-16-28)22-5-6-23-21-4-3-18-13-25(29,15-26)10-8-19(18)20(21)7-9-24(22,23)2;1-22-9-7-17-16-8-10-23(26,11-12-24)13-15(16)3-4-18(17)19(22)5-6-20(22)21(25)14-27-2;1-22-10-8-17-16-9-11-23(25,14-26-2)12-15(16)4-5-18(17)19(22)6-7-20(22)21(24)13-27-3;1-21-9-7-15-14-8-10-22(26,20(23)24)11-13(14)3-4-16(15)17(21)5-6-18(21)19(25)12-27-2/h12-13,17,19-24,29H,1,4-11,14-16H2,2-3H3;11-12,16,18-23,29H,1,3-10,13-15H2,2H3;15-20,26H,3-10,13-14H2,1-2H3;15-20,25H,4-14H2,1-3H3;13-18,20,26H,3-12H2,1-2H3/t19-,20-,21+,22+,23+,24-,25+,26+;18-,19-,20+,21+,22+,23-,24+,25+;15-,16-,17+,18+,19-,20+,22-,23-;15-,16-,17+,18+,19-,20+,22-,23+;13-,14-,15+,16+,17-,18+,21-,22+/m00000/s1. The Kier molecular flexibility index (Phi) is 33.4.